The molecule has 0 unspecified atom stereocenters. The van der Waals surface area contributed by atoms with Crippen molar-refractivity contribution in [3.05, 3.63) is 23.3 Å². The monoisotopic (exact) mass is 257 g/mol. The van der Waals surface area contributed by atoms with Gasteiger partial charge in [0.1, 0.15) is 10.6 Å². The van der Waals surface area contributed by atoms with Crippen LogP contribution in [0, 0.1) is 13.8 Å². The van der Waals surface area contributed by atoms with E-state index in [9.17, 15) is 8.42 Å². The van der Waals surface area contributed by atoms with Crippen LogP contribution < -0.4 is 10.5 Å². The third kappa shape index (κ3) is 3.20. The van der Waals surface area contributed by atoms with Crippen molar-refractivity contribution < 1.29 is 13.2 Å². The fourth-order valence-corrected chi connectivity index (χ4v) is 3.59. The highest BCUT2D eigenvalue weighted by molar-refractivity contribution is 7.91. The summed E-state index contributed by atoms with van der Waals surface area (Å²) >= 11 is 0. The Kier molecular flexibility index (Phi) is 4.54. The van der Waals surface area contributed by atoms with E-state index in [0.717, 1.165) is 11.1 Å². The molecule has 0 amide bonds. The molecule has 0 fully saturated rings. The van der Waals surface area contributed by atoms with Gasteiger partial charge in [-0.25, -0.2) is 8.42 Å². The zero-order valence-electron chi connectivity index (χ0n) is 10.5. The third-order valence-corrected chi connectivity index (χ3v) is 4.50. The zero-order valence-corrected chi connectivity index (χ0v) is 11.3. The Hall–Kier alpha value is -1.07. The van der Waals surface area contributed by atoms with E-state index in [1.165, 1.54) is 7.11 Å². The van der Waals surface area contributed by atoms with Gasteiger partial charge in [-0.15, -0.1) is 0 Å². The molecule has 0 aliphatic rings. The summed E-state index contributed by atoms with van der Waals surface area (Å²) in [6.07, 6.45) is 0.457. The summed E-state index contributed by atoms with van der Waals surface area (Å²) in [6, 6.07) is 3.58. The molecule has 1 rings (SSSR count). The van der Waals surface area contributed by atoms with E-state index in [1.807, 2.05) is 13.0 Å². The molecule has 1 aromatic carbocycles. The van der Waals surface area contributed by atoms with Crippen LogP contribution in [-0.2, 0) is 9.84 Å². The number of sulfone groups is 1. The molecule has 0 aliphatic carbocycles. The molecule has 2 N–H and O–H groups in total. The van der Waals surface area contributed by atoms with Gasteiger partial charge in [-0.3, -0.25) is 0 Å². The lowest BCUT2D eigenvalue weighted by atomic mass is 10.1. The minimum Gasteiger partial charge on any atom is -0.495 e. The molecule has 0 aliphatic heterocycles. The average Bonchev–Trinajstić information content (AvgIpc) is 2.24. The van der Waals surface area contributed by atoms with Crippen molar-refractivity contribution in [1.29, 1.82) is 0 Å². The van der Waals surface area contributed by atoms with Gasteiger partial charge in [-0.05, 0) is 44.0 Å². The first kappa shape index (κ1) is 14.0. The van der Waals surface area contributed by atoms with Crippen molar-refractivity contribution in [2.75, 3.05) is 19.4 Å². The Bertz CT molecular complexity index is 495. The highest BCUT2D eigenvalue weighted by Gasteiger charge is 2.21. The summed E-state index contributed by atoms with van der Waals surface area (Å²) in [5.41, 5.74) is 7.06. The van der Waals surface area contributed by atoms with Gasteiger partial charge in [0, 0.05) is 0 Å². The van der Waals surface area contributed by atoms with Crippen LogP contribution in [0.3, 0.4) is 0 Å². The number of nitrogens with two attached hydrogens (primary N) is 1. The quantitative estimate of drug-likeness (QED) is 0.866. The van der Waals surface area contributed by atoms with Gasteiger partial charge in [0.05, 0.1) is 12.9 Å². The first-order valence-electron chi connectivity index (χ1n) is 5.50. The maximum Gasteiger partial charge on any atom is 0.182 e. The molecule has 0 saturated heterocycles. The predicted molar refractivity (Wildman–Crippen MR) is 68.2 cm³/mol. The summed E-state index contributed by atoms with van der Waals surface area (Å²) < 4.78 is 29.5. The average molecular weight is 257 g/mol. The summed E-state index contributed by atoms with van der Waals surface area (Å²) in [5.74, 6) is 0.476. The standard InChI is InChI=1S/C12H19NO3S/c1-9-7-10(2)12(11(8-9)16-3)17(14,15)6-4-5-13/h7-8H,4-6,13H2,1-3H3. The molecule has 96 valence electrons. The van der Waals surface area contributed by atoms with E-state index < -0.39 is 9.84 Å². The van der Waals surface area contributed by atoms with E-state index in [-0.39, 0.29) is 5.75 Å². The minimum atomic E-state index is -3.32. The Morgan fingerprint density at radius 3 is 2.47 bits per heavy atom. The van der Waals surface area contributed by atoms with Gasteiger partial charge in [-0.2, -0.15) is 0 Å². The molecule has 0 spiro atoms. The smallest absolute Gasteiger partial charge is 0.182 e. The van der Waals surface area contributed by atoms with Gasteiger partial charge >= 0.3 is 0 Å². The minimum absolute atomic E-state index is 0.0593. The van der Waals surface area contributed by atoms with E-state index in [0.29, 0.717) is 23.6 Å². The van der Waals surface area contributed by atoms with Crippen LogP contribution in [0.25, 0.3) is 0 Å². The second kappa shape index (κ2) is 5.51. The molecule has 0 heterocycles. The summed E-state index contributed by atoms with van der Waals surface area (Å²) in [7, 11) is -1.84. The third-order valence-electron chi connectivity index (χ3n) is 2.53. The lowest BCUT2D eigenvalue weighted by Gasteiger charge is -2.13. The van der Waals surface area contributed by atoms with Gasteiger partial charge in [-0.1, -0.05) is 6.07 Å². The number of aryl methyl sites for hydroxylation is 2. The Morgan fingerprint density at radius 1 is 1.29 bits per heavy atom. The van der Waals surface area contributed by atoms with Gasteiger partial charge < -0.3 is 10.5 Å². The maximum atomic E-state index is 12.2. The second-order valence-electron chi connectivity index (χ2n) is 4.07. The van der Waals surface area contributed by atoms with Gasteiger partial charge in [0.25, 0.3) is 0 Å². The molecular formula is C12H19NO3S. The Balaban J connectivity index is 3.30. The molecule has 0 saturated carbocycles. The molecule has 0 radical (unpaired) electrons. The number of benzene rings is 1. The number of hydrogen-bond acceptors (Lipinski definition) is 4. The van der Waals surface area contributed by atoms with Crippen LogP contribution in [-0.4, -0.2) is 27.8 Å². The van der Waals surface area contributed by atoms with Crippen LogP contribution in [0.2, 0.25) is 0 Å². The van der Waals surface area contributed by atoms with Gasteiger partial charge in [0.15, 0.2) is 9.84 Å². The number of rotatable bonds is 5. The zero-order chi connectivity index (χ0) is 13.1. The Labute approximate surface area is 103 Å². The molecular weight excluding hydrogens is 238 g/mol. The lowest BCUT2D eigenvalue weighted by molar-refractivity contribution is 0.401. The topological polar surface area (TPSA) is 69.4 Å². The summed E-state index contributed by atoms with van der Waals surface area (Å²) in [4.78, 5) is 0.291. The normalized spacial score (nSPS) is 11.5. The van der Waals surface area contributed by atoms with Crippen molar-refractivity contribution in [3.63, 3.8) is 0 Å². The van der Waals surface area contributed by atoms with Crippen LogP contribution in [0.1, 0.15) is 17.5 Å². The molecule has 4 nitrogen and oxygen atoms in total. The Morgan fingerprint density at radius 2 is 1.94 bits per heavy atom. The first-order valence-corrected chi connectivity index (χ1v) is 7.15. The molecule has 0 bridgehead atoms. The number of hydrogen-bond donors (Lipinski definition) is 1. The van der Waals surface area contributed by atoms with Crippen LogP contribution >= 0.6 is 0 Å². The van der Waals surface area contributed by atoms with Crippen molar-refractivity contribution in [3.8, 4) is 5.75 Å². The fraction of sp³-hybridized carbons (Fsp3) is 0.500. The molecule has 0 atom stereocenters. The van der Waals surface area contributed by atoms with Crippen LogP contribution in [0.5, 0.6) is 5.75 Å². The van der Waals surface area contributed by atoms with E-state index in [4.69, 9.17) is 10.5 Å². The van der Waals surface area contributed by atoms with E-state index in [1.54, 1.807) is 13.0 Å². The van der Waals surface area contributed by atoms with Crippen molar-refractivity contribution >= 4 is 9.84 Å². The predicted octanol–water partition coefficient (Wildman–Crippen LogP) is 1.43. The fourth-order valence-electron chi connectivity index (χ4n) is 1.84. The molecule has 5 heteroatoms. The molecule has 0 aromatic heterocycles. The highest BCUT2D eigenvalue weighted by Crippen LogP contribution is 2.29. The summed E-state index contributed by atoms with van der Waals surface area (Å²) in [6.45, 7) is 4.06. The van der Waals surface area contributed by atoms with Crippen molar-refractivity contribution in [2.45, 2.75) is 25.2 Å². The number of ether oxygens (including phenoxy) is 1. The van der Waals surface area contributed by atoms with Crippen LogP contribution in [0.4, 0.5) is 0 Å². The lowest BCUT2D eigenvalue weighted by Crippen LogP contribution is -2.13. The summed E-state index contributed by atoms with van der Waals surface area (Å²) in [5, 5.41) is 0. The van der Waals surface area contributed by atoms with Crippen molar-refractivity contribution in [2.24, 2.45) is 5.73 Å². The first-order chi connectivity index (χ1) is 7.92. The highest BCUT2D eigenvalue weighted by atomic mass is 32.2. The SMILES string of the molecule is COc1cc(C)cc(C)c1S(=O)(=O)CCCN. The molecule has 1 aromatic rings. The largest absolute Gasteiger partial charge is 0.495 e. The number of methoxy groups -OCH3 is 1. The van der Waals surface area contributed by atoms with E-state index in [2.05, 4.69) is 0 Å². The van der Waals surface area contributed by atoms with Gasteiger partial charge in [0.2, 0.25) is 0 Å². The second-order valence-corrected chi connectivity index (χ2v) is 6.12. The van der Waals surface area contributed by atoms with E-state index >= 15 is 0 Å². The van der Waals surface area contributed by atoms with Crippen molar-refractivity contribution in [1.82, 2.24) is 0 Å². The molecule has 17 heavy (non-hydrogen) atoms. The maximum absolute atomic E-state index is 12.2. The van der Waals surface area contributed by atoms with Crippen LogP contribution in [0.15, 0.2) is 17.0 Å².